The maximum atomic E-state index is 13.5. The molecule has 0 saturated heterocycles. The second-order valence-corrected chi connectivity index (χ2v) is 9.61. The van der Waals surface area contributed by atoms with Crippen LogP contribution in [0.2, 0.25) is 0 Å². The molecule has 1 N–H and O–H groups in total. The van der Waals surface area contributed by atoms with Crippen LogP contribution in [0.5, 0.6) is 0 Å². The van der Waals surface area contributed by atoms with Gasteiger partial charge in [0.25, 0.3) is 10.0 Å². The Bertz CT molecular complexity index is 1130. The standard InChI is InChI=1S/C26H30N2O3S/c1-3-23-13-7-8-14-25(23)28(32(30,31)24-17-15-21(2)16-18-24)20-26(29)27-19-9-12-22-10-5-4-6-11-22/h4-8,10-11,13-18H,3,9,12,19-20H2,1-2H3,(H,27,29). The van der Waals surface area contributed by atoms with E-state index in [1.807, 2.05) is 44.2 Å². The Kier molecular flexibility index (Phi) is 8.06. The molecule has 0 fully saturated rings. The number of hydrogen-bond donors (Lipinski definition) is 1. The van der Waals surface area contributed by atoms with Crippen LogP contribution in [0.1, 0.15) is 30.0 Å². The van der Waals surface area contributed by atoms with Crippen molar-refractivity contribution < 1.29 is 13.2 Å². The molecule has 0 aliphatic rings. The van der Waals surface area contributed by atoms with Gasteiger partial charge >= 0.3 is 0 Å². The van der Waals surface area contributed by atoms with Crippen molar-refractivity contribution in [3.8, 4) is 0 Å². The van der Waals surface area contributed by atoms with Gasteiger partial charge in [0.2, 0.25) is 5.91 Å². The van der Waals surface area contributed by atoms with Crippen molar-refractivity contribution in [1.82, 2.24) is 5.32 Å². The lowest BCUT2D eigenvalue weighted by Gasteiger charge is -2.26. The van der Waals surface area contributed by atoms with Crippen molar-refractivity contribution in [1.29, 1.82) is 0 Å². The van der Waals surface area contributed by atoms with Crippen LogP contribution >= 0.6 is 0 Å². The summed E-state index contributed by atoms with van der Waals surface area (Å²) in [6, 6.07) is 24.1. The minimum atomic E-state index is -3.90. The molecular weight excluding hydrogens is 420 g/mol. The second-order valence-electron chi connectivity index (χ2n) is 7.75. The summed E-state index contributed by atoms with van der Waals surface area (Å²) in [5.74, 6) is -0.320. The highest BCUT2D eigenvalue weighted by molar-refractivity contribution is 7.92. The lowest BCUT2D eigenvalue weighted by Crippen LogP contribution is -2.41. The molecule has 0 aliphatic carbocycles. The van der Waals surface area contributed by atoms with Gasteiger partial charge in [0.05, 0.1) is 10.6 Å². The van der Waals surface area contributed by atoms with E-state index in [-0.39, 0.29) is 17.3 Å². The second kappa shape index (κ2) is 11.0. The van der Waals surface area contributed by atoms with Crippen LogP contribution in [0.4, 0.5) is 5.69 Å². The molecule has 5 nitrogen and oxygen atoms in total. The highest BCUT2D eigenvalue weighted by Gasteiger charge is 2.28. The maximum absolute atomic E-state index is 13.5. The number of nitrogens with zero attached hydrogens (tertiary/aromatic N) is 1. The van der Waals surface area contributed by atoms with Crippen LogP contribution in [0.15, 0.2) is 83.8 Å². The molecule has 0 unspecified atom stereocenters. The van der Waals surface area contributed by atoms with E-state index >= 15 is 0 Å². The number of amides is 1. The summed E-state index contributed by atoms with van der Waals surface area (Å²) in [5, 5.41) is 2.88. The minimum Gasteiger partial charge on any atom is -0.355 e. The Morgan fingerprint density at radius 2 is 1.56 bits per heavy atom. The summed E-state index contributed by atoms with van der Waals surface area (Å²) in [7, 11) is -3.90. The van der Waals surface area contributed by atoms with Crippen molar-refractivity contribution >= 4 is 21.6 Å². The average molecular weight is 451 g/mol. The summed E-state index contributed by atoms with van der Waals surface area (Å²) in [6.07, 6.45) is 2.30. The third kappa shape index (κ3) is 5.98. The van der Waals surface area contributed by atoms with Crippen LogP contribution in [-0.4, -0.2) is 27.4 Å². The molecule has 1 amide bonds. The maximum Gasteiger partial charge on any atom is 0.264 e. The first-order chi connectivity index (χ1) is 15.4. The number of rotatable bonds is 10. The Morgan fingerprint density at radius 3 is 2.25 bits per heavy atom. The van der Waals surface area contributed by atoms with Crippen LogP contribution in [0.25, 0.3) is 0 Å². The predicted molar refractivity (Wildman–Crippen MR) is 129 cm³/mol. The molecule has 3 rings (SSSR count). The van der Waals surface area contributed by atoms with E-state index in [1.165, 1.54) is 9.87 Å². The Morgan fingerprint density at radius 1 is 0.906 bits per heavy atom. The van der Waals surface area contributed by atoms with Gasteiger partial charge < -0.3 is 5.32 Å². The van der Waals surface area contributed by atoms with Crippen LogP contribution in [0.3, 0.4) is 0 Å². The number of nitrogens with one attached hydrogen (secondary N) is 1. The van der Waals surface area contributed by atoms with Crippen LogP contribution < -0.4 is 9.62 Å². The van der Waals surface area contributed by atoms with E-state index in [1.54, 1.807) is 36.4 Å². The molecular formula is C26H30N2O3S. The highest BCUT2D eigenvalue weighted by atomic mass is 32.2. The van der Waals surface area contributed by atoms with E-state index in [2.05, 4.69) is 17.4 Å². The fraction of sp³-hybridized carbons (Fsp3) is 0.269. The average Bonchev–Trinajstić information content (AvgIpc) is 2.81. The lowest BCUT2D eigenvalue weighted by atomic mass is 10.1. The van der Waals surface area contributed by atoms with Gasteiger partial charge in [-0.3, -0.25) is 9.10 Å². The molecule has 6 heteroatoms. The Hall–Kier alpha value is -3.12. The van der Waals surface area contributed by atoms with Gasteiger partial charge in [-0.1, -0.05) is 73.2 Å². The summed E-state index contributed by atoms with van der Waals surface area (Å²) >= 11 is 0. The zero-order valence-corrected chi connectivity index (χ0v) is 19.4. The van der Waals surface area contributed by atoms with E-state index < -0.39 is 10.0 Å². The number of carbonyl (C=O) groups excluding carboxylic acids is 1. The molecule has 0 bridgehead atoms. The predicted octanol–water partition coefficient (Wildman–Crippen LogP) is 4.50. The molecule has 3 aromatic rings. The number of anilines is 1. The largest absolute Gasteiger partial charge is 0.355 e. The van der Waals surface area contributed by atoms with Gasteiger partial charge in [0.1, 0.15) is 6.54 Å². The number of aryl methyl sites for hydroxylation is 3. The zero-order valence-electron chi connectivity index (χ0n) is 18.6. The number of hydrogen-bond acceptors (Lipinski definition) is 3. The normalized spacial score (nSPS) is 11.2. The third-order valence-corrected chi connectivity index (χ3v) is 7.12. The van der Waals surface area contributed by atoms with E-state index in [9.17, 15) is 13.2 Å². The molecule has 3 aromatic carbocycles. The quantitative estimate of drug-likeness (QED) is 0.463. The number of sulfonamides is 1. The van der Waals surface area contributed by atoms with Crippen molar-refractivity contribution in [2.75, 3.05) is 17.4 Å². The van der Waals surface area contributed by atoms with Gasteiger partial charge in [-0.2, -0.15) is 0 Å². The Labute approximate surface area is 191 Å². The highest BCUT2D eigenvalue weighted by Crippen LogP contribution is 2.27. The number of carbonyl (C=O) groups is 1. The van der Waals surface area contributed by atoms with Gasteiger partial charge in [0, 0.05) is 6.54 Å². The van der Waals surface area contributed by atoms with Gasteiger partial charge in [-0.15, -0.1) is 0 Å². The fourth-order valence-corrected chi connectivity index (χ4v) is 5.00. The van der Waals surface area contributed by atoms with E-state index in [0.29, 0.717) is 18.7 Å². The monoisotopic (exact) mass is 450 g/mol. The first kappa shape index (κ1) is 23.5. The van der Waals surface area contributed by atoms with Crippen molar-refractivity contribution in [3.05, 3.63) is 95.6 Å². The summed E-state index contributed by atoms with van der Waals surface area (Å²) in [4.78, 5) is 12.9. The van der Waals surface area contributed by atoms with E-state index in [4.69, 9.17) is 0 Å². The van der Waals surface area contributed by atoms with Crippen molar-refractivity contribution in [2.24, 2.45) is 0 Å². The van der Waals surface area contributed by atoms with Crippen LogP contribution in [-0.2, 0) is 27.7 Å². The topological polar surface area (TPSA) is 66.5 Å². The summed E-state index contributed by atoms with van der Waals surface area (Å²) in [6.45, 7) is 4.10. The number of benzene rings is 3. The van der Waals surface area contributed by atoms with E-state index in [0.717, 1.165) is 24.0 Å². The zero-order chi connectivity index (χ0) is 23.0. The summed E-state index contributed by atoms with van der Waals surface area (Å²) in [5.41, 5.74) is 3.60. The smallest absolute Gasteiger partial charge is 0.264 e. The number of para-hydroxylation sites is 1. The molecule has 0 heterocycles. The third-order valence-electron chi connectivity index (χ3n) is 5.34. The molecule has 32 heavy (non-hydrogen) atoms. The van der Waals surface area contributed by atoms with Gasteiger partial charge in [-0.25, -0.2) is 8.42 Å². The molecule has 0 spiro atoms. The van der Waals surface area contributed by atoms with Gasteiger partial charge in [-0.05, 0) is 55.5 Å². The molecule has 0 saturated carbocycles. The molecule has 0 atom stereocenters. The van der Waals surface area contributed by atoms with Crippen molar-refractivity contribution in [3.63, 3.8) is 0 Å². The summed E-state index contributed by atoms with van der Waals surface area (Å²) < 4.78 is 28.2. The fourth-order valence-electron chi connectivity index (χ4n) is 3.54. The lowest BCUT2D eigenvalue weighted by molar-refractivity contribution is -0.119. The van der Waals surface area contributed by atoms with Crippen molar-refractivity contribution in [2.45, 2.75) is 38.0 Å². The first-order valence-corrected chi connectivity index (χ1v) is 12.3. The minimum absolute atomic E-state index is 0.172. The molecule has 0 aliphatic heterocycles. The molecule has 0 aromatic heterocycles. The van der Waals surface area contributed by atoms with Crippen LogP contribution in [0, 0.1) is 6.92 Å². The molecule has 0 radical (unpaired) electrons. The SMILES string of the molecule is CCc1ccccc1N(CC(=O)NCCCc1ccccc1)S(=O)(=O)c1ccc(C)cc1. The molecule has 168 valence electrons. The first-order valence-electron chi connectivity index (χ1n) is 10.9. The van der Waals surface area contributed by atoms with Gasteiger partial charge in [0.15, 0.2) is 0 Å². The Balaban J connectivity index is 1.77.